The van der Waals surface area contributed by atoms with E-state index in [-0.39, 0.29) is 36.0 Å². The lowest BCUT2D eigenvalue weighted by molar-refractivity contribution is -0.131. The Bertz CT molecular complexity index is 806. The van der Waals surface area contributed by atoms with Gasteiger partial charge in [-0.05, 0) is 38.1 Å². The highest BCUT2D eigenvalue weighted by Crippen LogP contribution is 2.37. The van der Waals surface area contributed by atoms with Gasteiger partial charge < -0.3 is 9.64 Å². The maximum Gasteiger partial charge on any atom is 0.241 e. The summed E-state index contributed by atoms with van der Waals surface area (Å²) in [6, 6.07) is 0.118. The van der Waals surface area contributed by atoms with Gasteiger partial charge in [-0.3, -0.25) is 25.2 Å². The van der Waals surface area contributed by atoms with E-state index in [0.717, 1.165) is 13.2 Å². The second-order valence-electron chi connectivity index (χ2n) is 9.42. The van der Waals surface area contributed by atoms with Crippen molar-refractivity contribution in [3.8, 4) is 0 Å². The molecule has 0 bridgehead atoms. The minimum absolute atomic E-state index is 0.0249. The second kappa shape index (κ2) is 11.6. The molecule has 0 aromatic heterocycles. The van der Waals surface area contributed by atoms with Crippen molar-refractivity contribution < 1.29 is 27.1 Å². The molecule has 2 saturated heterocycles. The fourth-order valence-electron chi connectivity index (χ4n) is 4.97. The number of rotatable bonds is 9. The smallest absolute Gasteiger partial charge is 0.241 e. The first-order chi connectivity index (χ1) is 15.6. The summed E-state index contributed by atoms with van der Waals surface area (Å²) < 4.78 is 44.6. The maximum absolute atomic E-state index is 14.7. The van der Waals surface area contributed by atoms with Gasteiger partial charge in [-0.15, -0.1) is 16.4 Å². The molecule has 3 N–H and O–H groups in total. The third-order valence-corrected chi connectivity index (χ3v) is 8.54. The maximum atomic E-state index is 14.7. The largest absolute Gasteiger partial charge is 0.384 e. The Morgan fingerprint density at radius 1 is 1.27 bits per heavy atom. The Balaban J connectivity index is 1.49. The molecule has 0 aromatic rings. The Hall–Kier alpha value is -1.05. The minimum Gasteiger partial charge on any atom is -0.384 e. The number of likely N-dealkylation sites (tertiary alicyclic amines) is 1. The van der Waals surface area contributed by atoms with Crippen LogP contribution in [0.4, 0.5) is 4.39 Å². The van der Waals surface area contributed by atoms with Gasteiger partial charge in [0.05, 0.1) is 30.1 Å². The number of carbonyl (C=O) groups excluding carboxylic acids is 2. The molecule has 1 saturated carbocycles. The fraction of sp³-hybridized carbons (Fsp3) is 0.900. The summed E-state index contributed by atoms with van der Waals surface area (Å²) in [6.07, 6.45) is 0.0235. The van der Waals surface area contributed by atoms with Crippen LogP contribution in [0.5, 0.6) is 0 Å². The molecule has 0 radical (unpaired) electrons. The van der Waals surface area contributed by atoms with Gasteiger partial charge in [-0.2, -0.15) is 0 Å². The normalized spacial score (nSPS) is 33.4. The first kappa shape index (κ1) is 26.6. The van der Waals surface area contributed by atoms with Crippen molar-refractivity contribution in [3.63, 3.8) is 0 Å². The Morgan fingerprint density at radius 3 is 2.70 bits per heavy atom. The monoisotopic (exact) mass is 511 g/mol. The molecule has 13 heteroatoms. The quantitative estimate of drug-likeness (QED) is 0.286. The number of carbonyl (C=O) groups is 2. The number of hydrogen-bond acceptors (Lipinski definition) is 7. The molecule has 3 rings (SSSR count). The highest BCUT2D eigenvalue weighted by Gasteiger charge is 2.44. The Morgan fingerprint density at radius 2 is 2.03 bits per heavy atom. The molecule has 33 heavy (non-hydrogen) atoms. The van der Waals surface area contributed by atoms with Gasteiger partial charge in [0, 0.05) is 39.5 Å². The van der Waals surface area contributed by atoms with Crippen molar-refractivity contribution in [1.82, 2.24) is 25.4 Å². The molecule has 6 atom stereocenters. The molecule has 2 aliphatic heterocycles. The zero-order chi connectivity index (χ0) is 24.2. The van der Waals surface area contributed by atoms with E-state index in [1.807, 2.05) is 7.05 Å². The molecule has 0 aromatic carbocycles. The molecule has 3 fully saturated rings. The summed E-state index contributed by atoms with van der Waals surface area (Å²) in [5.41, 5.74) is 2.20. The predicted octanol–water partition coefficient (Wildman–Crippen LogP) is -0.345. The van der Waals surface area contributed by atoms with Gasteiger partial charge in [0.25, 0.3) is 0 Å². The van der Waals surface area contributed by atoms with E-state index in [9.17, 15) is 22.4 Å². The number of nitrogens with one attached hydrogen (secondary N) is 3. The van der Waals surface area contributed by atoms with Gasteiger partial charge in [-0.1, -0.05) is 0 Å². The van der Waals surface area contributed by atoms with Gasteiger partial charge in [0.1, 0.15) is 6.17 Å². The molecule has 190 valence electrons. The van der Waals surface area contributed by atoms with Crippen LogP contribution in [0, 0.1) is 17.8 Å². The van der Waals surface area contributed by atoms with Crippen LogP contribution in [-0.2, 0) is 24.3 Å². The highest BCUT2D eigenvalue weighted by molar-refractivity contribution is 7.89. The molecule has 2 amide bonds. The zero-order valence-electron chi connectivity index (χ0n) is 19.1. The third kappa shape index (κ3) is 7.22. The number of amides is 2. The van der Waals surface area contributed by atoms with Crippen molar-refractivity contribution in [3.05, 3.63) is 0 Å². The molecule has 10 nitrogen and oxygen atoms in total. The van der Waals surface area contributed by atoms with Gasteiger partial charge >= 0.3 is 0 Å². The number of sulfonamides is 1. The summed E-state index contributed by atoms with van der Waals surface area (Å²) >= 11 is 6.21. The zero-order valence-corrected chi connectivity index (χ0v) is 20.7. The van der Waals surface area contributed by atoms with E-state index in [1.165, 1.54) is 7.11 Å². The second-order valence-corrected chi connectivity index (χ2v) is 11.7. The van der Waals surface area contributed by atoms with Crippen molar-refractivity contribution in [2.45, 2.75) is 43.3 Å². The standard InChI is InChI=1S/C20H35ClFN5O5S/c1-26-10-17(23-12-26)14-7-15(19(22)16(21)8-14)20(29)24-25-33(30,31)11-13-3-5-27(9-13)18(28)4-6-32-2/h13-17,19,23,25H,3-12H2,1-2H3,(H,24,29). The summed E-state index contributed by atoms with van der Waals surface area (Å²) in [5.74, 6) is -2.26. The van der Waals surface area contributed by atoms with E-state index < -0.39 is 33.4 Å². The van der Waals surface area contributed by atoms with Gasteiger partial charge in [-0.25, -0.2) is 12.8 Å². The third-order valence-electron chi connectivity index (χ3n) is 6.80. The molecular weight excluding hydrogens is 477 g/mol. The van der Waals surface area contributed by atoms with Crippen molar-refractivity contribution in [2.75, 3.05) is 52.8 Å². The van der Waals surface area contributed by atoms with E-state index in [2.05, 4.69) is 20.5 Å². The fourth-order valence-corrected chi connectivity index (χ4v) is 6.61. The van der Waals surface area contributed by atoms with E-state index >= 15 is 0 Å². The summed E-state index contributed by atoms with van der Waals surface area (Å²) in [5, 5.41) is 2.55. The van der Waals surface area contributed by atoms with E-state index in [1.54, 1.807) is 4.90 Å². The first-order valence-electron chi connectivity index (χ1n) is 11.4. The number of ether oxygens (including phenoxy) is 1. The molecular formula is C20H35ClFN5O5S. The lowest BCUT2D eigenvalue weighted by Crippen LogP contribution is -2.52. The van der Waals surface area contributed by atoms with Crippen LogP contribution in [0.1, 0.15) is 25.7 Å². The molecule has 1 aliphatic carbocycles. The van der Waals surface area contributed by atoms with Crippen molar-refractivity contribution in [1.29, 1.82) is 0 Å². The van der Waals surface area contributed by atoms with Crippen molar-refractivity contribution >= 4 is 33.4 Å². The Kier molecular flexibility index (Phi) is 9.32. The number of hydrogen-bond donors (Lipinski definition) is 3. The SMILES string of the molecule is COCCC(=O)N1CCC(CS(=O)(=O)NNC(=O)C2CC(C3CN(C)CN3)CC(Cl)C2F)C1. The van der Waals surface area contributed by atoms with Gasteiger partial charge in [0.15, 0.2) is 0 Å². The minimum atomic E-state index is -3.85. The highest BCUT2D eigenvalue weighted by atomic mass is 35.5. The first-order valence-corrected chi connectivity index (χ1v) is 13.4. The van der Waals surface area contributed by atoms with Crippen LogP contribution < -0.4 is 15.6 Å². The molecule has 2 heterocycles. The summed E-state index contributed by atoms with van der Waals surface area (Å²) in [6.45, 7) is 2.66. The predicted molar refractivity (Wildman–Crippen MR) is 121 cm³/mol. The van der Waals surface area contributed by atoms with E-state index in [0.29, 0.717) is 39.0 Å². The van der Waals surface area contributed by atoms with Crippen LogP contribution in [0.25, 0.3) is 0 Å². The van der Waals surface area contributed by atoms with Crippen LogP contribution in [0.3, 0.4) is 0 Å². The topological polar surface area (TPSA) is 120 Å². The van der Waals surface area contributed by atoms with Gasteiger partial charge in [0.2, 0.25) is 21.8 Å². The number of methoxy groups -OCH3 is 1. The molecule has 0 spiro atoms. The number of hydrazine groups is 1. The number of alkyl halides is 2. The number of likely N-dealkylation sites (N-methyl/N-ethyl adjacent to an activating group) is 1. The average molecular weight is 512 g/mol. The Labute approximate surface area is 199 Å². The average Bonchev–Trinajstić information content (AvgIpc) is 3.41. The number of halogens is 2. The lowest BCUT2D eigenvalue weighted by Gasteiger charge is -2.37. The van der Waals surface area contributed by atoms with E-state index in [4.69, 9.17) is 16.3 Å². The van der Waals surface area contributed by atoms with Crippen LogP contribution in [0.15, 0.2) is 0 Å². The summed E-state index contributed by atoms with van der Waals surface area (Å²) in [4.78, 5) is 30.6. The summed E-state index contributed by atoms with van der Waals surface area (Å²) in [7, 11) is -0.359. The van der Waals surface area contributed by atoms with Crippen molar-refractivity contribution in [2.24, 2.45) is 17.8 Å². The number of nitrogens with zero attached hydrogens (tertiary/aromatic N) is 2. The van der Waals surface area contributed by atoms with Crippen LogP contribution >= 0.6 is 11.6 Å². The van der Waals surface area contributed by atoms with Crippen LogP contribution in [0.2, 0.25) is 0 Å². The van der Waals surface area contributed by atoms with Crippen LogP contribution in [-0.4, -0.2) is 100 Å². The molecule has 3 aliphatic rings. The lowest BCUT2D eigenvalue weighted by atomic mass is 9.76. The molecule has 6 unspecified atom stereocenters.